The van der Waals surface area contributed by atoms with Crippen molar-refractivity contribution in [2.75, 3.05) is 47.4 Å². The summed E-state index contributed by atoms with van der Waals surface area (Å²) in [6.07, 6.45) is 3.20. The van der Waals surface area contributed by atoms with Crippen LogP contribution >= 0.6 is 0 Å². The molecule has 0 saturated carbocycles. The molecule has 9 heteroatoms. The molecule has 4 rings (SSSR count). The summed E-state index contributed by atoms with van der Waals surface area (Å²) >= 11 is 0. The van der Waals surface area contributed by atoms with E-state index in [1.165, 1.54) is 10.5 Å². The Hall–Kier alpha value is -3.17. The van der Waals surface area contributed by atoms with Gasteiger partial charge in [-0.15, -0.1) is 0 Å². The highest BCUT2D eigenvalue weighted by atomic mass is 32.2. The third-order valence-corrected chi connectivity index (χ3v) is 7.16. The lowest BCUT2D eigenvalue weighted by molar-refractivity contribution is 0.122. The van der Waals surface area contributed by atoms with Crippen molar-refractivity contribution >= 4 is 27.3 Å². The third kappa shape index (κ3) is 5.00. The fourth-order valence-corrected chi connectivity index (χ4v) is 5.00. The lowest BCUT2D eigenvalue weighted by Gasteiger charge is -2.28. The van der Waals surface area contributed by atoms with Gasteiger partial charge >= 0.3 is 0 Å². The molecule has 3 aromatic rings. The van der Waals surface area contributed by atoms with Crippen LogP contribution in [-0.4, -0.2) is 51.2 Å². The maximum Gasteiger partial charge on any atom is 0.265 e. The normalized spacial score (nSPS) is 14.2. The highest BCUT2D eigenvalue weighted by Crippen LogP contribution is 2.23. The van der Waals surface area contributed by atoms with Crippen LogP contribution in [0, 0.1) is 0 Å². The van der Waals surface area contributed by atoms with Crippen molar-refractivity contribution in [3.63, 3.8) is 0 Å². The molecular formula is C23H27N5O3S. The van der Waals surface area contributed by atoms with Gasteiger partial charge in [0.05, 0.1) is 18.9 Å². The maximum atomic E-state index is 13.1. The Kier molecular flexibility index (Phi) is 6.87. The predicted octanol–water partition coefficient (Wildman–Crippen LogP) is 3.14. The molecule has 1 aliphatic heterocycles. The number of hydrogen-bond acceptors (Lipinski definition) is 7. The van der Waals surface area contributed by atoms with Crippen molar-refractivity contribution in [3.05, 3.63) is 72.6 Å². The van der Waals surface area contributed by atoms with Crippen LogP contribution in [0.2, 0.25) is 0 Å². The van der Waals surface area contributed by atoms with Gasteiger partial charge in [0, 0.05) is 38.6 Å². The van der Waals surface area contributed by atoms with E-state index in [9.17, 15) is 8.42 Å². The van der Waals surface area contributed by atoms with E-state index in [-0.39, 0.29) is 4.90 Å². The topological polar surface area (TPSA) is 87.7 Å². The summed E-state index contributed by atoms with van der Waals surface area (Å²) < 4.78 is 33.0. The van der Waals surface area contributed by atoms with Gasteiger partial charge in [-0.25, -0.2) is 18.4 Å². The largest absolute Gasteiger partial charge is 0.378 e. The van der Waals surface area contributed by atoms with Gasteiger partial charge in [-0.1, -0.05) is 18.2 Å². The molecular weight excluding hydrogens is 426 g/mol. The molecule has 0 unspecified atom stereocenters. The van der Waals surface area contributed by atoms with E-state index in [0.29, 0.717) is 37.8 Å². The van der Waals surface area contributed by atoms with Gasteiger partial charge in [0.15, 0.2) is 0 Å². The zero-order valence-electron chi connectivity index (χ0n) is 18.0. The van der Waals surface area contributed by atoms with E-state index in [4.69, 9.17) is 4.74 Å². The van der Waals surface area contributed by atoms with E-state index in [2.05, 4.69) is 26.3 Å². The van der Waals surface area contributed by atoms with E-state index in [1.54, 1.807) is 30.5 Å². The van der Waals surface area contributed by atoms with E-state index in [1.807, 2.05) is 31.2 Å². The van der Waals surface area contributed by atoms with E-state index in [0.717, 1.165) is 24.5 Å². The Morgan fingerprint density at radius 3 is 2.53 bits per heavy atom. The molecule has 0 spiro atoms. The van der Waals surface area contributed by atoms with Crippen molar-refractivity contribution in [1.82, 2.24) is 9.97 Å². The van der Waals surface area contributed by atoms with Crippen LogP contribution < -0.4 is 14.5 Å². The molecule has 0 atom stereocenters. The Labute approximate surface area is 188 Å². The number of nitrogens with one attached hydrogen (secondary N) is 1. The average molecular weight is 454 g/mol. The second kappa shape index (κ2) is 9.97. The van der Waals surface area contributed by atoms with Crippen molar-refractivity contribution in [3.8, 4) is 0 Å². The maximum absolute atomic E-state index is 13.1. The highest BCUT2D eigenvalue weighted by molar-refractivity contribution is 7.92. The smallest absolute Gasteiger partial charge is 0.265 e. The fraction of sp³-hybridized carbons (Fsp3) is 0.304. The molecule has 32 heavy (non-hydrogen) atoms. The quantitative estimate of drug-likeness (QED) is 0.561. The lowest BCUT2D eigenvalue weighted by atomic mass is 10.2. The summed E-state index contributed by atoms with van der Waals surface area (Å²) in [6, 6.07) is 16.3. The van der Waals surface area contributed by atoms with Gasteiger partial charge in [0.2, 0.25) is 0 Å². The van der Waals surface area contributed by atoms with Crippen LogP contribution in [0.25, 0.3) is 0 Å². The minimum Gasteiger partial charge on any atom is -0.378 e. The molecule has 2 aromatic heterocycles. The zero-order chi connectivity index (χ0) is 22.4. The van der Waals surface area contributed by atoms with Crippen LogP contribution in [-0.2, 0) is 21.3 Å². The molecule has 1 aromatic carbocycles. The van der Waals surface area contributed by atoms with Gasteiger partial charge in [-0.05, 0) is 48.9 Å². The Morgan fingerprint density at radius 1 is 1.06 bits per heavy atom. The number of ether oxygens (including phenoxy) is 1. The number of morpholine rings is 1. The van der Waals surface area contributed by atoms with Gasteiger partial charge in [-0.2, -0.15) is 0 Å². The monoisotopic (exact) mass is 453 g/mol. The number of pyridine rings is 2. The fourth-order valence-electron chi connectivity index (χ4n) is 3.58. The predicted molar refractivity (Wildman–Crippen MR) is 125 cm³/mol. The molecule has 0 radical (unpaired) electrons. The van der Waals surface area contributed by atoms with Gasteiger partial charge in [-0.3, -0.25) is 4.31 Å². The Bertz CT molecular complexity index is 1120. The first kappa shape index (κ1) is 22.0. The number of nitrogens with zero attached hydrogens (tertiary/aromatic N) is 4. The van der Waals surface area contributed by atoms with Gasteiger partial charge in [0.25, 0.3) is 10.0 Å². The number of anilines is 3. The van der Waals surface area contributed by atoms with Crippen LogP contribution in [0.5, 0.6) is 0 Å². The van der Waals surface area contributed by atoms with Gasteiger partial charge < -0.3 is 15.0 Å². The molecule has 8 nitrogen and oxygen atoms in total. The molecule has 168 valence electrons. The molecule has 3 heterocycles. The van der Waals surface area contributed by atoms with Crippen molar-refractivity contribution in [2.45, 2.75) is 18.4 Å². The molecule has 1 fully saturated rings. The summed E-state index contributed by atoms with van der Waals surface area (Å²) in [7, 11) is -3.69. The summed E-state index contributed by atoms with van der Waals surface area (Å²) in [5.74, 6) is 1.54. The van der Waals surface area contributed by atoms with Gasteiger partial charge in [0.1, 0.15) is 16.5 Å². The number of sulfonamides is 1. The number of aromatic nitrogens is 2. The van der Waals surface area contributed by atoms with Crippen LogP contribution in [0.3, 0.4) is 0 Å². The SMILES string of the molecule is CCN(c1ccccc1)S(=O)(=O)c1ccc(NCc2ccnc(N3CCOCC3)c2)nc1. The van der Waals surface area contributed by atoms with Crippen LogP contribution in [0.4, 0.5) is 17.3 Å². The molecule has 1 aliphatic rings. The minimum atomic E-state index is -3.69. The standard InChI is InChI=1S/C23H27N5O3S/c1-2-28(20-6-4-3-5-7-20)32(29,30)21-8-9-22(26-18-21)25-17-19-10-11-24-23(16-19)27-12-14-31-15-13-27/h3-11,16,18H,2,12-15,17H2,1H3,(H,25,26). The Morgan fingerprint density at radius 2 is 1.84 bits per heavy atom. The molecule has 0 amide bonds. The molecule has 0 aliphatic carbocycles. The summed E-state index contributed by atoms with van der Waals surface area (Å²) in [4.78, 5) is 11.1. The van der Waals surface area contributed by atoms with E-state index < -0.39 is 10.0 Å². The minimum absolute atomic E-state index is 0.160. The summed E-state index contributed by atoms with van der Waals surface area (Å²) in [6.45, 7) is 5.79. The summed E-state index contributed by atoms with van der Waals surface area (Å²) in [5.41, 5.74) is 1.70. The Balaban J connectivity index is 1.43. The first-order valence-electron chi connectivity index (χ1n) is 10.6. The van der Waals surface area contributed by atoms with Crippen molar-refractivity contribution in [2.24, 2.45) is 0 Å². The number of benzene rings is 1. The van der Waals surface area contributed by atoms with Crippen LogP contribution in [0.1, 0.15) is 12.5 Å². The molecule has 1 N–H and O–H groups in total. The van der Waals surface area contributed by atoms with Crippen LogP contribution in [0.15, 0.2) is 71.9 Å². The van der Waals surface area contributed by atoms with Crippen molar-refractivity contribution in [1.29, 1.82) is 0 Å². The van der Waals surface area contributed by atoms with Crippen molar-refractivity contribution < 1.29 is 13.2 Å². The number of para-hydroxylation sites is 1. The second-order valence-electron chi connectivity index (χ2n) is 7.36. The first-order valence-corrected chi connectivity index (χ1v) is 12.1. The average Bonchev–Trinajstić information content (AvgIpc) is 2.85. The third-order valence-electron chi connectivity index (χ3n) is 5.27. The highest BCUT2D eigenvalue weighted by Gasteiger charge is 2.23. The second-order valence-corrected chi connectivity index (χ2v) is 9.22. The lowest BCUT2D eigenvalue weighted by Crippen LogP contribution is -2.36. The number of rotatable bonds is 8. The zero-order valence-corrected chi connectivity index (χ0v) is 18.8. The molecule has 0 bridgehead atoms. The van der Waals surface area contributed by atoms with E-state index >= 15 is 0 Å². The first-order chi connectivity index (χ1) is 15.6. The molecule has 1 saturated heterocycles. The summed E-state index contributed by atoms with van der Waals surface area (Å²) in [5, 5.41) is 3.25. The number of hydrogen-bond donors (Lipinski definition) is 1.